The average molecular weight is 324 g/mol. The lowest BCUT2D eigenvalue weighted by molar-refractivity contribution is 0.671. The SMILES string of the molecule is Cc1nc2nc(S[C@H]3CCCc4ccccc43)nn2c(C)c1C. The molecule has 2 heterocycles. The van der Waals surface area contributed by atoms with Gasteiger partial charge in [-0.15, -0.1) is 5.10 Å². The number of nitrogens with zero attached hydrogens (tertiary/aromatic N) is 4. The molecule has 1 aliphatic carbocycles. The summed E-state index contributed by atoms with van der Waals surface area (Å²) in [6.07, 6.45) is 3.60. The number of aromatic nitrogens is 4. The second-order valence-corrected chi connectivity index (χ2v) is 7.38. The number of fused-ring (bicyclic) bond motifs is 2. The van der Waals surface area contributed by atoms with Crippen molar-refractivity contribution in [3.8, 4) is 0 Å². The van der Waals surface area contributed by atoms with Gasteiger partial charge < -0.3 is 0 Å². The van der Waals surface area contributed by atoms with Crippen molar-refractivity contribution in [1.29, 1.82) is 0 Å². The third kappa shape index (κ3) is 2.53. The number of aryl methyl sites for hydroxylation is 3. The minimum absolute atomic E-state index is 0.444. The van der Waals surface area contributed by atoms with Gasteiger partial charge >= 0.3 is 0 Å². The molecular formula is C18H20N4S. The van der Waals surface area contributed by atoms with Crippen LogP contribution >= 0.6 is 11.8 Å². The molecule has 23 heavy (non-hydrogen) atoms. The van der Waals surface area contributed by atoms with E-state index in [1.807, 2.05) is 11.4 Å². The lowest BCUT2D eigenvalue weighted by atomic mass is 9.91. The molecule has 0 radical (unpaired) electrons. The predicted molar refractivity (Wildman–Crippen MR) is 93.0 cm³/mol. The maximum Gasteiger partial charge on any atom is 0.253 e. The van der Waals surface area contributed by atoms with Crippen LogP contribution in [0.4, 0.5) is 0 Å². The first-order chi connectivity index (χ1) is 11.1. The molecule has 1 aromatic carbocycles. The van der Waals surface area contributed by atoms with E-state index >= 15 is 0 Å². The summed E-state index contributed by atoms with van der Waals surface area (Å²) in [5, 5.41) is 5.96. The van der Waals surface area contributed by atoms with Crippen LogP contribution in [0.5, 0.6) is 0 Å². The fourth-order valence-corrected chi connectivity index (χ4v) is 4.41. The molecule has 0 amide bonds. The van der Waals surface area contributed by atoms with Crippen LogP contribution in [0.25, 0.3) is 5.78 Å². The van der Waals surface area contributed by atoms with Crippen molar-refractivity contribution in [2.24, 2.45) is 0 Å². The molecule has 2 aromatic heterocycles. The molecule has 118 valence electrons. The van der Waals surface area contributed by atoms with Crippen molar-refractivity contribution in [3.05, 3.63) is 52.3 Å². The fraction of sp³-hybridized carbons (Fsp3) is 0.389. The highest BCUT2D eigenvalue weighted by molar-refractivity contribution is 7.99. The average Bonchev–Trinajstić information content (AvgIpc) is 2.96. The number of hydrogen-bond donors (Lipinski definition) is 0. The summed E-state index contributed by atoms with van der Waals surface area (Å²) < 4.78 is 1.87. The Morgan fingerprint density at radius 2 is 1.96 bits per heavy atom. The lowest BCUT2D eigenvalue weighted by Crippen LogP contribution is -2.07. The van der Waals surface area contributed by atoms with Crippen LogP contribution in [0, 0.1) is 20.8 Å². The molecule has 3 aromatic rings. The molecule has 4 nitrogen and oxygen atoms in total. The van der Waals surface area contributed by atoms with Crippen molar-refractivity contribution in [1.82, 2.24) is 19.6 Å². The van der Waals surface area contributed by atoms with Gasteiger partial charge in [-0.25, -0.2) is 9.50 Å². The van der Waals surface area contributed by atoms with E-state index in [1.165, 1.54) is 36.0 Å². The van der Waals surface area contributed by atoms with Gasteiger partial charge in [0, 0.05) is 16.6 Å². The lowest BCUT2D eigenvalue weighted by Gasteiger charge is -2.23. The summed E-state index contributed by atoms with van der Waals surface area (Å²) in [4.78, 5) is 9.22. The van der Waals surface area contributed by atoms with Crippen molar-refractivity contribution < 1.29 is 0 Å². The Bertz CT molecular complexity index is 884. The van der Waals surface area contributed by atoms with Gasteiger partial charge in [-0.3, -0.25) is 0 Å². The Kier molecular flexibility index (Phi) is 3.60. The summed E-state index contributed by atoms with van der Waals surface area (Å²) in [6, 6.07) is 8.76. The number of rotatable bonds is 2. The Morgan fingerprint density at radius 1 is 1.13 bits per heavy atom. The van der Waals surface area contributed by atoms with E-state index in [2.05, 4.69) is 53.2 Å². The first-order valence-electron chi connectivity index (χ1n) is 8.08. The maximum atomic E-state index is 4.69. The monoisotopic (exact) mass is 324 g/mol. The molecule has 0 fully saturated rings. The van der Waals surface area contributed by atoms with E-state index in [1.54, 1.807) is 11.8 Å². The summed E-state index contributed by atoms with van der Waals surface area (Å²) in [7, 11) is 0. The molecule has 0 spiro atoms. The summed E-state index contributed by atoms with van der Waals surface area (Å²) in [5.74, 6) is 0.706. The van der Waals surface area contributed by atoms with Gasteiger partial charge in [0.2, 0.25) is 5.16 Å². The number of thioether (sulfide) groups is 1. The molecule has 0 bridgehead atoms. The molecule has 1 atom stereocenters. The second kappa shape index (κ2) is 5.64. The topological polar surface area (TPSA) is 43.1 Å². The Morgan fingerprint density at radius 3 is 2.83 bits per heavy atom. The Balaban J connectivity index is 1.70. The van der Waals surface area contributed by atoms with E-state index in [9.17, 15) is 0 Å². The zero-order chi connectivity index (χ0) is 16.0. The second-order valence-electron chi connectivity index (χ2n) is 6.21. The summed E-state index contributed by atoms with van der Waals surface area (Å²) >= 11 is 1.77. The quantitative estimate of drug-likeness (QED) is 0.708. The van der Waals surface area contributed by atoms with Gasteiger partial charge in [0.15, 0.2) is 0 Å². The molecule has 0 N–H and O–H groups in total. The standard InChI is InChI=1S/C18H20N4S/c1-11-12(2)19-17-20-18(21-22(17)13(11)3)23-16-10-6-8-14-7-4-5-9-15(14)16/h4-5,7,9,16H,6,8,10H2,1-3H3/t16-/m0/s1. The molecule has 0 saturated heterocycles. The molecule has 1 aliphatic rings. The summed E-state index contributed by atoms with van der Waals surface area (Å²) in [5.41, 5.74) is 6.25. The zero-order valence-corrected chi connectivity index (χ0v) is 14.5. The van der Waals surface area contributed by atoms with Gasteiger partial charge in [-0.1, -0.05) is 36.0 Å². The van der Waals surface area contributed by atoms with Gasteiger partial charge in [-0.05, 0) is 56.7 Å². The van der Waals surface area contributed by atoms with Crippen LogP contribution in [0.3, 0.4) is 0 Å². The zero-order valence-electron chi connectivity index (χ0n) is 13.7. The largest absolute Gasteiger partial charge is 0.253 e. The Hall–Kier alpha value is -1.88. The smallest absolute Gasteiger partial charge is 0.216 e. The highest BCUT2D eigenvalue weighted by Crippen LogP contribution is 2.42. The third-order valence-corrected chi connectivity index (χ3v) is 5.96. The first kappa shape index (κ1) is 14.7. The van der Waals surface area contributed by atoms with Gasteiger partial charge in [-0.2, -0.15) is 4.98 Å². The molecule has 0 saturated carbocycles. The third-order valence-electron chi connectivity index (χ3n) is 4.80. The van der Waals surface area contributed by atoms with Crippen LogP contribution < -0.4 is 0 Å². The normalized spacial score (nSPS) is 17.4. The van der Waals surface area contributed by atoms with Crippen LogP contribution in [0.15, 0.2) is 29.4 Å². The Labute approximate surface area is 140 Å². The molecular weight excluding hydrogens is 304 g/mol. The van der Waals surface area contributed by atoms with Crippen molar-refractivity contribution in [3.63, 3.8) is 0 Å². The highest BCUT2D eigenvalue weighted by Gasteiger charge is 2.23. The first-order valence-corrected chi connectivity index (χ1v) is 8.96. The van der Waals surface area contributed by atoms with E-state index in [-0.39, 0.29) is 0 Å². The van der Waals surface area contributed by atoms with Crippen LogP contribution in [0.2, 0.25) is 0 Å². The fourth-order valence-electron chi connectivity index (χ4n) is 3.25. The molecule has 4 rings (SSSR count). The minimum atomic E-state index is 0.444. The predicted octanol–water partition coefficient (Wildman–Crippen LogP) is 4.22. The number of benzene rings is 1. The van der Waals surface area contributed by atoms with E-state index in [0.29, 0.717) is 11.0 Å². The minimum Gasteiger partial charge on any atom is -0.216 e. The molecule has 0 aliphatic heterocycles. The summed E-state index contributed by atoms with van der Waals surface area (Å²) in [6.45, 7) is 6.19. The van der Waals surface area contributed by atoms with Crippen LogP contribution in [-0.4, -0.2) is 19.6 Å². The molecule has 5 heteroatoms. The van der Waals surface area contributed by atoms with Gasteiger partial charge in [0.1, 0.15) is 0 Å². The van der Waals surface area contributed by atoms with Gasteiger partial charge in [0.25, 0.3) is 5.78 Å². The molecule has 0 unspecified atom stereocenters. The number of hydrogen-bond acceptors (Lipinski definition) is 4. The van der Waals surface area contributed by atoms with Crippen LogP contribution in [0.1, 0.15) is 46.2 Å². The van der Waals surface area contributed by atoms with Crippen molar-refractivity contribution in [2.75, 3.05) is 0 Å². The van der Waals surface area contributed by atoms with Crippen LogP contribution in [-0.2, 0) is 6.42 Å². The maximum absolute atomic E-state index is 4.69. The van der Waals surface area contributed by atoms with E-state index < -0.39 is 0 Å². The van der Waals surface area contributed by atoms with Crippen molar-refractivity contribution >= 4 is 17.5 Å². The highest BCUT2D eigenvalue weighted by atomic mass is 32.2. The van der Waals surface area contributed by atoms with Gasteiger partial charge in [0.05, 0.1) is 0 Å². The van der Waals surface area contributed by atoms with Crippen molar-refractivity contribution in [2.45, 2.75) is 50.4 Å². The van der Waals surface area contributed by atoms with E-state index in [0.717, 1.165) is 16.5 Å². The van der Waals surface area contributed by atoms with E-state index in [4.69, 9.17) is 0 Å².